The van der Waals surface area contributed by atoms with Crippen LogP contribution in [-0.2, 0) is 0 Å². The summed E-state index contributed by atoms with van der Waals surface area (Å²) in [5.41, 5.74) is 0. The Kier molecular flexibility index (Phi) is 8.89. The van der Waals surface area contributed by atoms with E-state index in [1.165, 1.54) is 39.0 Å². The lowest BCUT2D eigenvalue weighted by Crippen LogP contribution is -2.40. The minimum atomic E-state index is 0. The van der Waals surface area contributed by atoms with E-state index in [0.29, 0.717) is 6.04 Å². The van der Waals surface area contributed by atoms with Crippen LogP contribution in [0.15, 0.2) is 4.99 Å². The Hall–Kier alpha value is -0.0800. The van der Waals surface area contributed by atoms with E-state index in [-0.39, 0.29) is 24.0 Å². The normalized spacial score (nSPS) is 27.7. The fourth-order valence-electron chi connectivity index (χ4n) is 2.65. The van der Waals surface area contributed by atoms with Crippen LogP contribution in [0.5, 0.6) is 0 Å². The monoisotopic (exact) mass is 409 g/mol. The molecule has 124 valence electrons. The second-order valence-corrected chi connectivity index (χ2v) is 6.22. The van der Waals surface area contributed by atoms with E-state index >= 15 is 0 Å². The molecule has 21 heavy (non-hydrogen) atoms. The summed E-state index contributed by atoms with van der Waals surface area (Å²) in [6.45, 7) is 12.1. The van der Waals surface area contributed by atoms with E-state index in [4.69, 9.17) is 4.99 Å². The number of aliphatic imine (C=N–C) groups is 1. The average molecular weight is 409 g/mol. The molecule has 2 aliphatic rings. The molecule has 0 aromatic carbocycles. The highest BCUT2D eigenvalue weighted by atomic mass is 127. The molecule has 2 atom stereocenters. The predicted octanol–water partition coefficient (Wildman–Crippen LogP) is 1.21. The Morgan fingerprint density at radius 1 is 1.24 bits per heavy atom. The maximum absolute atomic E-state index is 4.71. The van der Waals surface area contributed by atoms with Crippen molar-refractivity contribution in [2.24, 2.45) is 10.9 Å². The highest BCUT2D eigenvalue weighted by Gasteiger charge is 2.33. The zero-order valence-electron chi connectivity index (χ0n) is 13.8. The second-order valence-electron chi connectivity index (χ2n) is 6.22. The number of likely N-dealkylation sites (N-methyl/N-ethyl adjacent to an activating group) is 1. The minimum absolute atomic E-state index is 0. The van der Waals surface area contributed by atoms with Crippen molar-refractivity contribution in [1.82, 2.24) is 20.4 Å². The van der Waals surface area contributed by atoms with E-state index in [9.17, 15) is 0 Å². The van der Waals surface area contributed by atoms with Gasteiger partial charge in [-0.3, -0.25) is 4.99 Å². The molecule has 0 spiro atoms. The second kappa shape index (κ2) is 9.84. The smallest absolute Gasteiger partial charge is 0.191 e. The van der Waals surface area contributed by atoms with Gasteiger partial charge >= 0.3 is 0 Å². The van der Waals surface area contributed by atoms with Crippen molar-refractivity contribution in [1.29, 1.82) is 0 Å². The summed E-state index contributed by atoms with van der Waals surface area (Å²) >= 11 is 0. The van der Waals surface area contributed by atoms with Gasteiger partial charge in [-0.1, -0.05) is 6.92 Å². The molecular formula is C15H32IN5. The first-order valence-corrected chi connectivity index (χ1v) is 8.14. The summed E-state index contributed by atoms with van der Waals surface area (Å²) in [4.78, 5) is 9.67. The minimum Gasteiger partial charge on any atom is -0.357 e. The van der Waals surface area contributed by atoms with Crippen LogP contribution in [0.1, 0.15) is 26.7 Å². The molecule has 1 aliphatic heterocycles. The average Bonchev–Trinajstić information content (AvgIpc) is 3.14. The van der Waals surface area contributed by atoms with Gasteiger partial charge in [-0.25, -0.2) is 0 Å². The first kappa shape index (κ1) is 19.0. The first-order chi connectivity index (χ1) is 9.69. The Bertz CT molecular complexity index is 323. The molecule has 2 fully saturated rings. The number of nitrogens with zero attached hydrogens (tertiary/aromatic N) is 3. The standard InChI is InChI=1S/C15H31N5.HI/c1-4-16-15(18-14-12-13(14)2)17-6-9-20-8-5-7-19(3)10-11-20;/h13-14H,4-12H2,1-3H3,(H2,16,17,18);1H. The number of rotatable bonds is 5. The molecule has 5 nitrogen and oxygen atoms in total. The fourth-order valence-corrected chi connectivity index (χ4v) is 2.65. The van der Waals surface area contributed by atoms with E-state index in [0.717, 1.165) is 31.5 Å². The van der Waals surface area contributed by atoms with Crippen molar-refractivity contribution < 1.29 is 0 Å². The van der Waals surface area contributed by atoms with Gasteiger partial charge < -0.3 is 20.4 Å². The third kappa shape index (κ3) is 7.15. The molecule has 0 radical (unpaired) electrons. The summed E-state index contributed by atoms with van der Waals surface area (Å²) in [7, 11) is 2.21. The SMILES string of the molecule is CCNC(=NCCN1CCCN(C)CC1)NC1CC1C.I. The number of guanidine groups is 1. The van der Waals surface area contributed by atoms with E-state index in [1.807, 2.05) is 0 Å². The van der Waals surface area contributed by atoms with Gasteiger partial charge in [0.15, 0.2) is 5.96 Å². The van der Waals surface area contributed by atoms with Crippen molar-refractivity contribution in [3.8, 4) is 0 Å². The third-order valence-electron chi connectivity index (χ3n) is 4.27. The quantitative estimate of drug-likeness (QED) is 0.407. The molecule has 1 heterocycles. The summed E-state index contributed by atoms with van der Waals surface area (Å²) in [5, 5.41) is 6.85. The largest absolute Gasteiger partial charge is 0.357 e. The van der Waals surface area contributed by atoms with Crippen LogP contribution in [0.25, 0.3) is 0 Å². The first-order valence-electron chi connectivity index (χ1n) is 8.14. The topological polar surface area (TPSA) is 42.9 Å². The molecule has 0 bridgehead atoms. The molecule has 2 rings (SSSR count). The molecule has 0 aromatic rings. The lowest BCUT2D eigenvalue weighted by atomic mass is 10.4. The van der Waals surface area contributed by atoms with Crippen LogP contribution in [0.4, 0.5) is 0 Å². The van der Waals surface area contributed by atoms with Crippen LogP contribution in [0.2, 0.25) is 0 Å². The van der Waals surface area contributed by atoms with Crippen LogP contribution in [0.3, 0.4) is 0 Å². The number of hydrogen-bond acceptors (Lipinski definition) is 3. The van der Waals surface area contributed by atoms with Crippen molar-refractivity contribution >= 4 is 29.9 Å². The van der Waals surface area contributed by atoms with Gasteiger partial charge in [0.25, 0.3) is 0 Å². The maximum Gasteiger partial charge on any atom is 0.191 e. The Labute approximate surface area is 146 Å². The maximum atomic E-state index is 4.71. The van der Waals surface area contributed by atoms with Gasteiger partial charge in [0, 0.05) is 32.2 Å². The number of hydrogen-bond donors (Lipinski definition) is 2. The van der Waals surface area contributed by atoms with Crippen molar-refractivity contribution in [3.05, 3.63) is 0 Å². The zero-order valence-corrected chi connectivity index (χ0v) is 16.1. The van der Waals surface area contributed by atoms with Gasteiger partial charge in [-0.2, -0.15) is 0 Å². The highest BCUT2D eigenvalue weighted by molar-refractivity contribution is 14.0. The molecule has 1 saturated heterocycles. The summed E-state index contributed by atoms with van der Waals surface area (Å²) in [6.07, 6.45) is 2.56. The lowest BCUT2D eigenvalue weighted by Gasteiger charge is -2.19. The van der Waals surface area contributed by atoms with Crippen molar-refractivity contribution in [2.45, 2.75) is 32.7 Å². The molecule has 0 amide bonds. The van der Waals surface area contributed by atoms with E-state index < -0.39 is 0 Å². The van der Waals surface area contributed by atoms with Gasteiger partial charge in [-0.05, 0) is 45.8 Å². The lowest BCUT2D eigenvalue weighted by molar-refractivity contribution is 0.283. The van der Waals surface area contributed by atoms with Gasteiger partial charge in [0.1, 0.15) is 0 Å². The molecular weight excluding hydrogens is 377 g/mol. The Morgan fingerprint density at radius 2 is 2.00 bits per heavy atom. The predicted molar refractivity (Wildman–Crippen MR) is 101 cm³/mol. The molecule has 1 saturated carbocycles. The van der Waals surface area contributed by atoms with Gasteiger partial charge in [0.05, 0.1) is 6.54 Å². The molecule has 6 heteroatoms. The number of nitrogens with one attached hydrogen (secondary N) is 2. The van der Waals surface area contributed by atoms with Crippen molar-refractivity contribution in [2.75, 3.05) is 52.9 Å². The zero-order chi connectivity index (χ0) is 14.4. The molecule has 0 aromatic heterocycles. The highest BCUT2D eigenvalue weighted by Crippen LogP contribution is 2.28. The summed E-state index contributed by atoms with van der Waals surface area (Å²) in [5.74, 6) is 1.80. The van der Waals surface area contributed by atoms with Gasteiger partial charge in [-0.15, -0.1) is 24.0 Å². The Balaban J connectivity index is 0.00000220. The van der Waals surface area contributed by atoms with Crippen LogP contribution in [-0.4, -0.2) is 74.7 Å². The van der Waals surface area contributed by atoms with Crippen LogP contribution < -0.4 is 10.6 Å². The van der Waals surface area contributed by atoms with Crippen LogP contribution in [0, 0.1) is 5.92 Å². The molecule has 2 N–H and O–H groups in total. The summed E-state index contributed by atoms with van der Waals surface area (Å²) < 4.78 is 0. The fraction of sp³-hybridized carbons (Fsp3) is 0.933. The third-order valence-corrected chi connectivity index (χ3v) is 4.27. The molecule has 2 unspecified atom stereocenters. The number of halogens is 1. The van der Waals surface area contributed by atoms with Crippen molar-refractivity contribution in [3.63, 3.8) is 0 Å². The summed E-state index contributed by atoms with van der Waals surface area (Å²) in [6, 6.07) is 0.639. The van der Waals surface area contributed by atoms with Crippen LogP contribution >= 0.6 is 24.0 Å². The van der Waals surface area contributed by atoms with E-state index in [2.05, 4.69) is 41.3 Å². The Morgan fingerprint density at radius 3 is 2.67 bits per heavy atom. The molecule has 1 aliphatic carbocycles. The van der Waals surface area contributed by atoms with Gasteiger partial charge in [0.2, 0.25) is 0 Å². The van der Waals surface area contributed by atoms with E-state index in [1.54, 1.807) is 0 Å².